The zero-order chi connectivity index (χ0) is 20.7. The Kier molecular flexibility index (Phi) is 4.66. The lowest BCUT2D eigenvalue weighted by atomic mass is 10.1. The Hall–Kier alpha value is -3.48. The maximum atomic E-state index is 13.2. The molecule has 0 radical (unpaired) electrons. The molecule has 7 nitrogen and oxygen atoms in total. The smallest absolute Gasteiger partial charge is 0.297 e. The minimum atomic E-state index is -0.334. The number of anilines is 1. The monoisotopic (exact) mass is 389 g/mol. The topological polar surface area (TPSA) is 81.3 Å². The molecule has 1 amide bonds. The van der Waals surface area contributed by atoms with Crippen LogP contribution < -0.4 is 10.9 Å². The molecule has 0 unspecified atom stereocenters. The van der Waals surface area contributed by atoms with E-state index in [2.05, 4.69) is 15.5 Å². The molecular weight excluding hydrogens is 366 g/mol. The largest absolute Gasteiger partial charge is 0.324 e. The van der Waals surface area contributed by atoms with Crippen molar-refractivity contribution >= 4 is 28.3 Å². The molecule has 2 heterocycles. The van der Waals surface area contributed by atoms with E-state index in [0.717, 1.165) is 28.2 Å². The van der Waals surface area contributed by atoms with Crippen molar-refractivity contribution in [2.45, 2.75) is 40.2 Å². The molecule has 29 heavy (non-hydrogen) atoms. The van der Waals surface area contributed by atoms with Crippen LogP contribution in [-0.4, -0.2) is 25.1 Å². The molecule has 0 saturated heterocycles. The molecule has 4 aromatic rings. The highest BCUT2D eigenvalue weighted by Crippen LogP contribution is 2.21. The minimum Gasteiger partial charge on any atom is -0.324 e. The van der Waals surface area contributed by atoms with Crippen LogP contribution >= 0.6 is 0 Å². The van der Waals surface area contributed by atoms with Gasteiger partial charge in [0.15, 0.2) is 0 Å². The van der Waals surface area contributed by atoms with E-state index in [1.54, 1.807) is 4.40 Å². The van der Waals surface area contributed by atoms with Gasteiger partial charge in [0, 0.05) is 11.6 Å². The van der Waals surface area contributed by atoms with Crippen LogP contribution in [0.2, 0.25) is 0 Å². The zero-order valence-corrected chi connectivity index (χ0v) is 16.9. The van der Waals surface area contributed by atoms with Crippen LogP contribution in [0.25, 0.3) is 16.7 Å². The molecule has 2 aromatic heterocycles. The van der Waals surface area contributed by atoms with E-state index in [9.17, 15) is 9.59 Å². The molecular formula is C22H23N5O2. The Bertz CT molecular complexity index is 1280. The second-order valence-corrected chi connectivity index (χ2v) is 7.57. The molecule has 4 rings (SSSR count). The van der Waals surface area contributed by atoms with Crippen LogP contribution in [0.5, 0.6) is 0 Å². The van der Waals surface area contributed by atoms with E-state index >= 15 is 0 Å². The van der Waals surface area contributed by atoms with Gasteiger partial charge >= 0.3 is 0 Å². The number of carbonyl (C=O) groups excluding carboxylic acids is 1. The predicted molar refractivity (Wildman–Crippen MR) is 113 cm³/mol. The maximum Gasteiger partial charge on any atom is 0.297 e. The fourth-order valence-corrected chi connectivity index (χ4v) is 3.65. The summed E-state index contributed by atoms with van der Waals surface area (Å²) in [6.45, 7) is 7.80. The van der Waals surface area contributed by atoms with Gasteiger partial charge < -0.3 is 5.32 Å². The van der Waals surface area contributed by atoms with E-state index in [1.807, 2.05) is 70.2 Å². The number of para-hydroxylation sites is 3. The first-order valence-electron chi connectivity index (χ1n) is 9.61. The Labute approximate surface area is 168 Å². The van der Waals surface area contributed by atoms with Crippen LogP contribution in [0.1, 0.15) is 36.7 Å². The molecule has 148 valence electrons. The van der Waals surface area contributed by atoms with Crippen molar-refractivity contribution in [1.82, 2.24) is 19.2 Å². The van der Waals surface area contributed by atoms with Gasteiger partial charge in [0.05, 0.1) is 11.0 Å². The first-order valence-corrected chi connectivity index (χ1v) is 9.61. The number of rotatable bonds is 4. The molecule has 7 heteroatoms. The van der Waals surface area contributed by atoms with Gasteiger partial charge in [-0.3, -0.25) is 18.6 Å². The highest BCUT2D eigenvalue weighted by Gasteiger charge is 2.19. The standard InChI is InChI=1S/C22H23N5O2/c1-13(2)20-24-25-21-22(29)26(16-10-5-6-11-17(16)27(20)21)12-18(28)23-19-14(3)8-7-9-15(19)4/h5-11,13H,12H2,1-4H3,(H,23,28). The molecule has 0 saturated carbocycles. The van der Waals surface area contributed by atoms with Crippen molar-refractivity contribution < 1.29 is 4.79 Å². The Morgan fingerprint density at radius 3 is 2.31 bits per heavy atom. The number of hydrogen-bond donors (Lipinski definition) is 1. The predicted octanol–water partition coefficient (Wildman–Crippen LogP) is 3.42. The fraction of sp³-hybridized carbons (Fsp3) is 0.273. The SMILES string of the molecule is Cc1cccc(C)c1NC(=O)Cn1c(=O)c2nnc(C(C)C)n2c2ccccc21. The molecule has 0 bridgehead atoms. The van der Waals surface area contributed by atoms with Crippen molar-refractivity contribution in [1.29, 1.82) is 0 Å². The van der Waals surface area contributed by atoms with E-state index in [0.29, 0.717) is 5.52 Å². The number of aryl methyl sites for hydroxylation is 2. The molecule has 0 spiro atoms. The number of nitrogens with zero attached hydrogens (tertiary/aromatic N) is 4. The minimum absolute atomic E-state index is 0.104. The Balaban J connectivity index is 1.83. The Morgan fingerprint density at radius 1 is 1.00 bits per heavy atom. The van der Waals surface area contributed by atoms with Crippen molar-refractivity contribution in [3.63, 3.8) is 0 Å². The van der Waals surface area contributed by atoms with Gasteiger partial charge in [0.25, 0.3) is 5.56 Å². The second-order valence-electron chi connectivity index (χ2n) is 7.57. The average molecular weight is 389 g/mol. The number of aromatic nitrogens is 4. The lowest BCUT2D eigenvalue weighted by molar-refractivity contribution is -0.116. The zero-order valence-electron chi connectivity index (χ0n) is 16.9. The normalized spacial score (nSPS) is 11.5. The third-order valence-electron chi connectivity index (χ3n) is 5.10. The van der Waals surface area contributed by atoms with Gasteiger partial charge in [0.1, 0.15) is 12.4 Å². The Morgan fingerprint density at radius 2 is 1.66 bits per heavy atom. The van der Waals surface area contributed by atoms with Crippen LogP contribution in [-0.2, 0) is 11.3 Å². The van der Waals surface area contributed by atoms with E-state index in [1.165, 1.54) is 4.57 Å². The summed E-state index contributed by atoms with van der Waals surface area (Å²) in [4.78, 5) is 26.0. The van der Waals surface area contributed by atoms with Crippen molar-refractivity contribution in [2.24, 2.45) is 0 Å². The van der Waals surface area contributed by atoms with E-state index in [4.69, 9.17) is 0 Å². The number of benzene rings is 2. The van der Waals surface area contributed by atoms with Crippen molar-refractivity contribution in [3.8, 4) is 0 Å². The maximum absolute atomic E-state index is 13.2. The van der Waals surface area contributed by atoms with Gasteiger partial charge in [-0.05, 0) is 37.1 Å². The summed E-state index contributed by atoms with van der Waals surface area (Å²) in [6, 6.07) is 13.3. The molecule has 0 aliphatic rings. The highest BCUT2D eigenvalue weighted by molar-refractivity contribution is 5.93. The summed E-state index contributed by atoms with van der Waals surface area (Å²) in [5.41, 5.74) is 4.10. The summed E-state index contributed by atoms with van der Waals surface area (Å²) < 4.78 is 3.26. The van der Waals surface area contributed by atoms with Crippen LogP contribution in [0.3, 0.4) is 0 Å². The molecule has 0 atom stereocenters. The van der Waals surface area contributed by atoms with Gasteiger partial charge in [0.2, 0.25) is 11.6 Å². The van der Waals surface area contributed by atoms with E-state index < -0.39 is 0 Å². The summed E-state index contributed by atoms with van der Waals surface area (Å²) in [6.07, 6.45) is 0. The average Bonchev–Trinajstić information content (AvgIpc) is 3.14. The van der Waals surface area contributed by atoms with Crippen LogP contribution in [0.15, 0.2) is 47.3 Å². The molecule has 0 fully saturated rings. The summed E-state index contributed by atoms with van der Waals surface area (Å²) in [7, 11) is 0. The number of hydrogen-bond acceptors (Lipinski definition) is 4. The number of carbonyl (C=O) groups is 1. The molecule has 0 aliphatic heterocycles. The van der Waals surface area contributed by atoms with Gasteiger partial charge in [-0.25, -0.2) is 0 Å². The fourth-order valence-electron chi connectivity index (χ4n) is 3.65. The second kappa shape index (κ2) is 7.16. The molecule has 2 aromatic carbocycles. The van der Waals surface area contributed by atoms with E-state index in [-0.39, 0.29) is 29.6 Å². The molecule has 0 aliphatic carbocycles. The van der Waals surface area contributed by atoms with Crippen LogP contribution in [0, 0.1) is 13.8 Å². The van der Waals surface area contributed by atoms with Crippen molar-refractivity contribution in [3.05, 3.63) is 69.8 Å². The quantitative estimate of drug-likeness (QED) is 0.580. The molecule has 1 N–H and O–H groups in total. The number of fused-ring (bicyclic) bond motifs is 3. The summed E-state index contributed by atoms with van der Waals surface area (Å²) in [5, 5.41) is 11.3. The summed E-state index contributed by atoms with van der Waals surface area (Å²) >= 11 is 0. The number of amides is 1. The third kappa shape index (κ3) is 3.18. The van der Waals surface area contributed by atoms with Gasteiger partial charge in [-0.15, -0.1) is 10.2 Å². The number of nitrogens with one attached hydrogen (secondary N) is 1. The van der Waals surface area contributed by atoms with Crippen molar-refractivity contribution in [2.75, 3.05) is 5.32 Å². The highest BCUT2D eigenvalue weighted by atomic mass is 16.2. The first kappa shape index (κ1) is 18.9. The summed E-state index contributed by atoms with van der Waals surface area (Å²) in [5.74, 6) is 0.569. The van der Waals surface area contributed by atoms with Crippen LogP contribution in [0.4, 0.5) is 5.69 Å². The lowest BCUT2D eigenvalue weighted by Gasteiger charge is -2.15. The third-order valence-corrected chi connectivity index (χ3v) is 5.10. The lowest BCUT2D eigenvalue weighted by Crippen LogP contribution is -2.30. The first-order chi connectivity index (χ1) is 13.9. The van der Waals surface area contributed by atoms with Gasteiger partial charge in [-0.1, -0.05) is 44.2 Å². The van der Waals surface area contributed by atoms with Gasteiger partial charge in [-0.2, -0.15) is 0 Å².